The van der Waals surface area contributed by atoms with Gasteiger partial charge < -0.3 is 20.3 Å². The van der Waals surface area contributed by atoms with Gasteiger partial charge in [0.05, 0.1) is 17.2 Å². The van der Waals surface area contributed by atoms with Crippen molar-refractivity contribution in [2.45, 2.75) is 44.8 Å². The van der Waals surface area contributed by atoms with Gasteiger partial charge in [-0.25, -0.2) is 4.79 Å². The highest BCUT2D eigenvalue weighted by Crippen LogP contribution is 2.34. The molecule has 2 atom stereocenters. The van der Waals surface area contributed by atoms with Crippen molar-refractivity contribution in [3.8, 4) is 6.07 Å². The fourth-order valence-electron chi connectivity index (χ4n) is 1.91. The normalized spacial score (nSPS) is 14.4. The number of benzene rings is 1. The van der Waals surface area contributed by atoms with Crippen molar-refractivity contribution < 1.29 is 32.9 Å². The number of ether oxygens (including phenoxy) is 1. The second-order valence-electron chi connectivity index (χ2n) is 6.31. The van der Waals surface area contributed by atoms with Gasteiger partial charge in [-0.05, 0) is 38.5 Å². The number of alkyl halides is 3. The van der Waals surface area contributed by atoms with Crippen LogP contribution < -0.4 is 5.32 Å². The molecule has 0 spiro atoms. The average Bonchev–Trinajstić information content (AvgIpc) is 2.48. The second kappa shape index (κ2) is 7.72. The van der Waals surface area contributed by atoms with Crippen LogP contribution in [0.5, 0.6) is 0 Å². The molecule has 0 bridgehead atoms. The highest BCUT2D eigenvalue weighted by atomic mass is 19.4. The van der Waals surface area contributed by atoms with Crippen LogP contribution in [0.3, 0.4) is 0 Å². The molecule has 6 nitrogen and oxygen atoms in total. The smallest absolute Gasteiger partial charge is 0.417 e. The Morgan fingerprint density at radius 2 is 1.92 bits per heavy atom. The van der Waals surface area contributed by atoms with Crippen molar-refractivity contribution >= 4 is 6.09 Å². The molecule has 1 aromatic carbocycles. The summed E-state index contributed by atoms with van der Waals surface area (Å²) in [6.07, 6.45) is -8.87. The van der Waals surface area contributed by atoms with Crippen LogP contribution >= 0.6 is 0 Å². The molecule has 0 saturated carbocycles. The molecule has 3 N–H and O–H groups in total. The van der Waals surface area contributed by atoms with Crippen molar-refractivity contribution in [3.05, 3.63) is 34.9 Å². The molecule has 1 rings (SSSR count). The zero-order valence-electron chi connectivity index (χ0n) is 13.9. The molecule has 138 valence electrons. The second-order valence-corrected chi connectivity index (χ2v) is 6.31. The van der Waals surface area contributed by atoms with Gasteiger partial charge in [-0.15, -0.1) is 0 Å². The lowest BCUT2D eigenvalue weighted by Crippen LogP contribution is -2.38. The number of hydrogen-bond donors (Lipinski definition) is 3. The number of alkyl carbamates (subject to hydrolysis) is 1. The van der Waals surface area contributed by atoms with Crippen LogP contribution in [0.15, 0.2) is 18.2 Å². The van der Waals surface area contributed by atoms with Gasteiger partial charge in [0, 0.05) is 6.54 Å². The van der Waals surface area contributed by atoms with E-state index in [0.717, 1.165) is 12.1 Å². The van der Waals surface area contributed by atoms with Crippen molar-refractivity contribution in [2.75, 3.05) is 6.54 Å². The Kier molecular flexibility index (Phi) is 6.40. The van der Waals surface area contributed by atoms with E-state index in [4.69, 9.17) is 10.00 Å². The van der Waals surface area contributed by atoms with Gasteiger partial charge in [-0.2, -0.15) is 18.4 Å². The molecule has 0 aliphatic carbocycles. The number of rotatable bonds is 4. The number of nitrogens with one attached hydrogen (secondary N) is 1. The van der Waals surface area contributed by atoms with Gasteiger partial charge >= 0.3 is 12.3 Å². The summed E-state index contributed by atoms with van der Waals surface area (Å²) in [4.78, 5) is 11.5. The average molecular weight is 360 g/mol. The molecule has 2 unspecified atom stereocenters. The van der Waals surface area contributed by atoms with Gasteiger partial charge in [-0.1, -0.05) is 6.07 Å². The van der Waals surface area contributed by atoms with Crippen molar-refractivity contribution in [3.63, 3.8) is 0 Å². The minimum atomic E-state index is -4.78. The number of nitriles is 1. The van der Waals surface area contributed by atoms with Crippen LogP contribution in [-0.4, -0.2) is 34.6 Å². The zero-order chi connectivity index (χ0) is 19.4. The first kappa shape index (κ1) is 20.7. The highest BCUT2D eigenvalue weighted by Gasteiger charge is 2.34. The lowest BCUT2D eigenvalue weighted by atomic mass is 9.98. The minimum Gasteiger partial charge on any atom is -0.444 e. The first-order valence-electron chi connectivity index (χ1n) is 7.29. The maximum absolute atomic E-state index is 12.9. The van der Waals surface area contributed by atoms with E-state index in [0.29, 0.717) is 6.07 Å². The van der Waals surface area contributed by atoms with Gasteiger partial charge in [0.1, 0.15) is 17.8 Å². The molecule has 0 aliphatic rings. The summed E-state index contributed by atoms with van der Waals surface area (Å²) in [5.74, 6) is 0. The Hall–Kier alpha value is -2.31. The largest absolute Gasteiger partial charge is 0.444 e. The third-order valence-electron chi connectivity index (χ3n) is 3.03. The molecule has 0 radical (unpaired) electrons. The molecule has 0 heterocycles. The van der Waals surface area contributed by atoms with Crippen LogP contribution in [0.2, 0.25) is 0 Å². The molecule has 0 aromatic heterocycles. The maximum Gasteiger partial charge on any atom is 0.417 e. The third-order valence-corrected chi connectivity index (χ3v) is 3.03. The summed E-state index contributed by atoms with van der Waals surface area (Å²) >= 11 is 0. The minimum absolute atomic E-state index is 0.232. The van der Waals surface area contributed by atoms with Crippen molar-refractivity contribution in [1.82, 2.24) is 5.32 Å². The molecule has 0 saturated heterocycles. The van der Waals surface area contributed by atoms with Crippen molar-refractivity contribution in [2.24, 2.45) is 0 Å². The number of nitrogens with zero attached hydrogens (tertiary/aromatic N) is 1. The first-order valence-corrected chi connectivity index (χ1v) is 7.29. The summed E-state index contributed by atoms with van der Waals surface area (Å²) in [5.41, 5.74) is -2.80. The van der Waals surface area contributed by atoms with Crippen LogP contribution in [0, 0.1) is 11.3 Å². The Morgan fingerprint density at radius 1 is 1.32 bits per heavy atom. The van der Waals surface area contributed by atoms with E-state index in [1.54, 1.807) is 20.8 Å². The number of aliphatic hydroxyl groups is 2. The van der Waals surface area contributed by atoms with Gasteiger partial charge in [0.15, 0.2) is 0 Å². The highest BCUT2D eigenvalue weighted by molar-refractivity contribution is 5.67. The first-order chi connectivity index (χ1) is 11.3. The Labute approximate surface area is 142 Å². The summed E-state index contributed by atoms with van der Waals surface area (Å²) in [7, 11) is 0. The lowest BCUT2D eigenvalue weighted by molar-refractivity contribution is -0.137. The number of aliphatic hydroxyl groups excluding tert-OH is 2. The van der Waals surface area contributed by atoms with Crippen LogP contribution in [0.1, 0.15) is 43.6 Å². The van der Waals surface area contributed by atoms with Crippen LogP contribution in [0.25, 0.3) is 0 Å². The number of amides is 1. The lowest BCUT2D eigenvalue weighted by Gasteiger charge is -2.22. The summed E-state index contributed by atoms with van der Waals surface area (Å²) in [6.45, 7) is 4.46. The number of carbonyl (C=O) groups is 1. The van der Waals surface area contributed by atoms with Crippen molar-refractivity contribution in [1.29, 1.82) is 5.26 Å². The van der Waals surface area contributed by atoms with Gasteiger partial charge in [0.2, 0.25) is 0 Å². The predicted molar refractivity (Wildman–Crippen MR) is 81.4 cm³/mol. The Bertz CT molecular complexity index is 663. The fraction of sp³-hybridized carbons (Fsp3) is 0.500. The Morgan fingerprint density at radius 3 is 2.40 bits per heavy atom. The number of halogens is 3. The summed E-state index contributed by atoms with van der Waals surface area (Å²) in [6, 6.07) is 4.04. The van der Waals surface area contributed by atoms with E-state index in [2.05, 4.69) is 5.32 Å². The maximum atomic E-state index is 12.9. The molecule has 9 heteroatoms. The van der Waals surface area contributed by atoms with E-state index in [9.17, 15) is 28.2 Å². The van der Waals surface area contributed by atoms with Crippen LogP contribution in [-0.2, 0) is 10.9 Å². The summed E-state index contributed by atoms with van der Waals surface area (Å²) in [5, 5.41) is 30.8. The molecule has 1 aromatic rings. The Balaban J connectivity index is 2.84. The third kappa shape index (κ3) is 6.25. The SMILES string of the molecule is CC(C)(C)OC(=O)NCC(O)C(O)c1ccc(C#N)c(C(F)(F)F)c1. The summed E-state index contributed by atoms with van der Waals surface area (Å²) < 4.78 is 43.7. The molecule has 1 amide bonds. The van der Waals surface area contributed by atoms with Crippen LogP contribution in [0.4, 0.5) is 18.0 Å². The molecule has 25 heavy (non-hydrogen) atoms. The van der Waals surface area contributed by atoms with Gasteiger partial charge in [-0.3, -0.25) is 0 Å². The fourth-order valence-corrected chi connectivity index (χ4v) is 1.91. The van der Waals surface area contributed by atoms with E-state index >= 15 is 0 Å². The topological polar surface area (TPSA) is 103 Å². The molecule has 0 aliphatic heterocycles. The van der Waals surface area contributed by atoms with E-state index < -0.39 is 47.8 Å². The predicted octanol–water partition coefficient (Wildman–Crippen LogP) is 2.50. The molecular weight excluding hydrogens is 341 g/mol. The van der Waals surface area contributed by atoms with E-state index in [1.807, 2.05) is 0 Å². The number of hydrogen-bond acceptors (Lipinski definition) is 5. The quantitative estimate of drug-likeness (QED) is 0.766. The monoisotopic (exact) mass is 360 g/mol. The van der Waals surface area contributed by atoms with E-state index in [1.165, 1.54) is 6.07 Å². The number of carbonyl (C=O) groups excluding carboxylic acids is 1. The molecular formula is C16H19F3N2O4. The van der Waals surface area contributed by atoms with Gasteiger partial charge in [0.25, 0.3) is 0 Å². The molecule has 0 fully saturated rings. The standard InChI is InChI=1S/C16H19F3N2O4/c1-15(2,3)25-14(24)21-8-12(22)13(23)9-4-5-10(7-20)11(6-9)16(17,18)19/h4-6,12-13,22-23H,8H2,1-3H3,(H,21,24). The zero-order valence-corrected chi connectivity index (χ0v) is 13.9. The van der Waals surface area contributed by atoms with E-state index in [-0.39, 0.29) is 5.56 Å².